The second-order valence-corrected chi connectivity index (χ2v) is 5.59. The molecule has 1 fully saturated rings. The van der Waals surface area contributed by atoms with Crippen molar-refractivity contribution in [2.45, 2.75) is 26.3 Å². The number of carbonyl (C=O) groups is 2. The highest BCUT2D eigenvalue weighted by Crippen LogP contribution is 2.14. The SMILES string of the molecule is CC[C@@H](C)NC(=O)N1CCN(C(=O)c2cccc(O)c2)CC1. The van der Waals surface area contributed by atoms with E-state index in [2.05, 4.69) is 5.32 Å². The fourth-order valence-electron chi connectivity index (χ4n) is 2.34. The van der Waals surface area contributed by atoms with Crippen LogP contribution in [0.2, 0.25) is 0 Å². The predicted molar refractivity (Wildman–Crippen MR) is 83.9 cm³/mol. The minimum absolute atomic E-state index is 0.0706. The zero-order valence-electron chi connectivity index (χ0n) is 13.1. The number of amides is 3. The molecule has 2 N–H and O–H groups in total. The smallest absolute Gasteiger partial charge is 0.317 e. The van der Waals surface area contributed by atoms with Gasteiger partial charge in [0.25, 0.3) is 5.91 Å². The van der Waals surface area contributed by atoms with Crippen molar-refractivity contribution in [1.29, 1.82) is 0 Å². The number of benzene rings is 1. The summed E-state index contributed by atoms with van der Waals surface area (Å²) in [7, 11) is 0. The Balaban J connectivity index is 1.89. The van der Waals surface area contributed by atoms with Crippen molar-refractivity contribution < 1.29 is 14.7 Å². The molecule has 1 atom stereocenters. The van der Waals surface area contributed by atoms with Crippen LogP contribution in [0.3, 0.4) is 0 Å². The average Bonchev–Trinajstić information content (AvgIpc) is 2.54. The van der Waals surface area contributed by atoms with Crippen molar-refractivity contribution in [3.8, 4) is 5.75 Å². The number of phenolic OH excluding ortho intramolecular Hbond substituents is 1. The van der Waals surface area contributed by atoms with Crippen LogP contribution >= 0.6 is 0 Å². The summed E-state index contributed by atoms with van der Waals surface area (Å²) in [5.41, 5.74) is 0.470. The minimum atomic E-state index is -0.113. The molecule has 0 aromatic heterocycles. The summed E-state index contributed by atoms with van der Waals surface area (Å²) in [6, 6.07) is 6.42. The number of nitrogens with zero attached hydrogens (tertiary/aromatic N) is 2. The number of carbonyl (C=O) groups excluding carboxylic acids is 2. The Morgan fingerprint density at radius 1 is 1.23 bits per heavy atom. The Labute approximate surface area is 130 Å². The topological polar surface area (TPSA) is 72.9 Å². The zero-order chi connectivity index (χ0) is 16.1. The van der Waals surface area contributed by atoms with E-state index in [4.69, 9.17) is 0 Å². The van der Waals surface area contributed by atoms with E-state index >= 15 is 0 Å². The number of piperazine rings is 1. The van der Waals surface area contributed by atoms with Crippen LogP contribution in [0, 0.1) is 0 Å². The van der Waals surface area contributed by atoms with Gasteiger partial charge in [0.1, 0.15) is 5.75 Å². The van der Waals surface area contributed by atoms with Gasteiger partial charge in [0.15, 0.2) is 0 Å². The highest BCUT2D eigenvalue weighted by Gasteiger charge is 2.25. The van der Waals surface area contributed by atoms with Gasteiger partial charge in [-0.3, -0.25) is 4.79 Å². The van der Waals surface area contributed by atoms with E-state index in [1.807, 2.05) is 13.8 Å². The lowest BCUT2D eigenvalue weighted by Crippen LogP contribution is -2.54. The van der Waals surface area contributed by atoms with Gasteiger partial charge < -0.3 is 20.2 Å². The first-order valence-electron chi connectivity index (χ1n) is 7.65. The molecule has 1 aliphatic rings. The van der Waals surface area contributed by atoms with Crippen LogP contribution in [0.5, 0.6) is 5.75 Å². The molecule has 6 heteroatoms. The van der Waals surface area contributed by atoms with Gasteiger partial charge in [0, 0.05) is 37.8 Å². The second-order valence-electron chi connectivity index (χ2n) is 5.59. The van der Waals surface area contributed by atoms with Gasteiger partial charge in [-0.15, -0.1) is 0 Å². The number of rotatable bonds is 3. The molecule has 3 amide bonds. The fourth-order valence-corrected chi connectivity index (χ4v) is 2.34. The van der Waals surface area contributed by atoms with Crippen molar-refractivity contribution in [3.63, 3.8) is 0 Å². The number of aromatic hydroxyl groups is 1. The van der Waals surface area contributed by atoms with Gasteiger partial charge in [-0.1, -0.05) is 13.0 Å². The largest absolute Gasteiger partial charge is 0.508 e. The predicted octanol–water partition coefficient (Wildman–Crippen LogP) is 1.66. The fraction of sp³-hybridized carbons (Fsp3) is 0.500. The first-order chi connectivity index (χ1) is 10.5. The van der Waals surface area contributed by atoms with Crippen molar-refractivity contribution in [3.05, 3.63) is 29.8 Å². The van der Waals surface area contributed by atoms with Gasteiger partial charge in [-0.2, -0.15) is 0 Å². The van der Waals surface area contributed by atoms with Gasteiger partial charge in [-0.25, -0.2) is 4.79 Å². The molecule has 6 nitrogen and oxygen atoms in total. The molecule has 0 spiro atoms. The van der Waals surface area contributed by atoms with Gasteiger partial charge in [0.2, 0.25) is 0 Å². The van der Waals surface area contributed by atoms with Crippen LogP contribution in [0.15, 0.2) is 24.3 Å². The first kappa shape index (κ1) is 16.1. The van der Waals surface area contributed by atoms with Crippen LogP contribution in [0.25, 0.3) is 0 Å². The lowest BCUT2D eigenvalue weighted by Gasteiger charge is -2.35. The van der Waals surface area contributed by atoms with E-state index < -0.39 is 0 Å². The molecule has 0 radical (unpaired) electrons. The highest BCUT2D eigenvalue weighted by atomic mass is 16.3. The molecular formula is C16H23N3O3. The summed E-state index contributed by atoms with van der Waals surface area (Å²) in [5.74, 6) is -0.0321. The third-order valence-electron chi connectivity index (χ3n) is 3.93. The molecular weight excluding hydrogens is 282 g/mol. The lowest BCUT2D eigenvalue weighted by molar-refractivity contribution is 0.0663. The second kappa shape index (κ2) is 7.15. The third kappa shape index (κ3) is 3.90. The molecule has 1 aromatic carbocycles. The lowest BCUT2D eigenvalue weighted by atomic mass is 10.1. The Bertz CT molecular complexity index is 539. The molecule has 0 bridgehead atoms. The molecule has 0 saturated carbocycles. The van der Waals surface area contributed by atoms with E-state index in [1.54, 1.807) is 21.9 Å². The standard InChI is InChI=1S/C16H23N3O3/c1-3-12(2)17-16(22)19-9-7-18(8-10-19)15(21)13-5-4-6-14(20)11-13/h4-6,11-12,20H,3,7-10H2,1-2H3,(H,17,22)/t12-/m1/s1. The average molecular weight is 305 g/mol. The number of hydrogen-bond donors (Lipinski definition) is 2. The zero-order valence-corrected chi connectivity index (χ0v) is 13.1. The van der Waals surface area contributed by atoms with E-state index in [-0.39, 0.29) is 23.7 Å². The Morgan fingerprint density at radius 3 is 2.45 bits per heavy atom. The van der Waals surface area contributed by atoms with Crippen LogP contribution in [0.1, 0.15) is 30.6 Å². The molecule has 120 valence electrons. The number of hydrogen-bond acceptors (Lipinski definition) is 3. The van der Waals surface area contributed by atoms with Gasteiger partial charge >= 0.3 is 6.03 Å². The Kier molecular flexibility index (Phi) is 5.25. The van der Waals surface area contributed by atoms with Crippen molar-refractivity contribution in [1.82, 2.24) is 15.1 Å². The van der Waals surface area contributed by atoms with E-state index in [0.29, 0.717) is 31.7 Å². The summed E-state index contributed by atoms with van der Waals surface area (Å²) < 4.78 is 0. The Hall–Kier alpha value is -2.24. The Morgan fingerprint density at radius 2 is 1.86 bits per heavy atom. The van der Waals surface area contributed by atoms with Crippen LogP contribution in [-0.4, -0.2) is 59.1 Å². The summed E-state index contributed by atoms with van der Waals surface area (Å²) in [6.45, 7) is 6.04. The molecule has 0 unspecified atom stereocenters. The van der Waals surface area contributed by atoms with E-state index in [9.17, 15) is 14.7 Å². The monoisotopic (exact) mass is 305 g/mol. The summed E-state index contributed by atoms with van der Waals surface area (Å²) in [4.78, 5) is 27.8. The third-order valence-corrected chi connectivity index (χ3v) is 3.93. The number of nitrogens with one attached hydrogen (secondary N) is 1. The van der Waals surface area contributed by atoms with Crippen molar-refractivity contribution in [2.75, 3.05) is 26.2 Å². The summed E-state index contributed by atoms with van der Waals surface area (Å²) in [5, 5.41) is 12.4. The van der Waals surface area contributed by atoms with Crippen LogP contribution < -0.4 is 5.32 Å². The molecule has 1 saturated heterocycles. The summed E-state index contributed by atoms with van der Waals surface area (Å²) in [6.07, 6.45) is 0.891. The minimum Gasteiger partial charge on any atom is -0.508 e. The molecule has 0 aliphatic carbocycles. The first-order valence-corrected chi connectivity index (χ1v) is 7.65. The highest BCUT2D eigenvalue weighted by molar-refractivity contribution is 5.94. The number of urea groups is 1. The van der Waals surface area contributed by atoms with E-state index in [0.717, 1.165) is 6.42 Å². The van der Waals surface area contributed by atoms with Gasteiger partial charge in [-0.05, 0) is 31.5 Å². The summed E-state index contributed by atoms with van der Waals surface area (Å²) >= 11 is 0. The van der Waals surface area contributed by atoms with Gasteiger partial charge in [0.05, 0.1) is 0 Å². The van der Waals surface area contributed by atoms with Crippen molar-refractivity contribution >= 4 is 11.9 Å². The maximum absolute atomic E-state index is 12.3. The molecule has 22 heavy (non-hydrogen) atoms. The van der Waals surface area contributed by atoms with Crippen LogP contribution in [-0.2, 0) is 0 Å². The number of phenols is 1. The molecule has 2 rings (SSSR count). The molecule has 1 heterocycles. The van der Waals surface area contributed by atoms with E-state index in [1.165, 1.54) is 12.1 Å². The quantitative estimate of drug-likeness (QED) is 0.892. The van der Waals surface area contributed by atoms with Crippen LogP contribution in [0.4, 0.5) is 4.79 Å². The maximum atomic E-state index is 12.3. The maximum Gasteiger partial charge on any atom is 0.317 e. The van der Waals surface area contributed by atoms with Crippen molar-refractivity contribution in [2.24, 2.45) is 0 Å². The normalized spacial score (nSPS) is 16.3. The molecule has 1 aliphatic heterocycles. The molecule has 1 aromatic rings.